The molecule has 2 atom stereocenters. The zero-order chi connectivity index (χ0) is 16.4. The van der Waals surface area contributed by atoms with Gasteiger partial charge in [-0.05, 0) is 24.9 Å². The van der Waals surface area contributed by atoms with Gasteiger partial charge in [0.05, 0.1) is 17.5 Å². The second-order valence-corrected chi connectivity index (χ2v) is 8.70. The van der Waals surface area contributed by atoms with E-state index in [0.29, 0.717) is 6.54 Å². The lowest BCUT2D eigenvalue weighted by Crippen LogP contribution is -2.60. The quantitative estimate of drug-likeness (QED) is 0.821. The van der Waals surface area contributed by atoms with Crippen molar-refractivity contribution in [3.8, 4) is 0 Å². The molecular formula is C17H24N2O3S. The zero-order valence-corrected chi connectivity index (χ0v) is 14.3. The molecule has 6 heteroatoms. The fourth-order valence-corrected chi connectivity index (χ4v) is 5.84. The minimum Gasteiger partial charge on any atom is -0.336 e. The maximum atomic E-state index is 12.0. The fourth-order valence-electron chi connectivity index (χ4n) is 3.82. The number of piperazine rings is 1. The Hall–Kier alpha value is -1.40. The highest BCUT2D eigenvalue weighted by Gasteiger charge is 2.47. The third-order valence-corrected chi connectivity index (χ3v) is 6.65. The van der Waals surface area contributed by atoms with E-state index in [-0.39, 0.29) is 29.5 Å². The van der Waals surface area contributed by atoms with Crippen LogP contribution in [0.1, 0.15) is 18.9 Å². The molecule has 0 saturated carbocycles. The van der Waals surface area contributed by atoms with Crippen molar-refractivity contribution in [2.24, 2.45) is 0 Å². The Morgan fingerprint density at radius 2 is 1.83 bits per heavy atom. The summed E-state index contributed by atoms with van der Waals surface area (Å²) in [7, 11) is -3.04. The third-order valence-electron chi connectivity index (χ3n) is 4.95. The number of rotatable bonds is 4. The van der Waals surface area contributed by atoms with Crippen molar-refractivity contribution in [1.82, 2.24) is 9.80 Å². The summed E-state index contributed by atoms with van der Waals surface area (Å²) >= 11 is 0. The fraction of sp³-hybridized carbons (Fsp3) is 0.588. The van der Waals surface area contributed by atoms with Gasteiger partial charge in [0.2, 0.25) is 5.91 Å². The van der Waals surface area contributed by atoms with Crippen LogP contribution in [0.4, 0.5) is 0 Å². The van der Waals surface area contributed by atoms with E-state index in [9.17, 15) is 13.2 Å². The minimum absolute atomic E-state index is 0.0129. The summed E-state index contributed by atoms with van der Waals surface area (Å²) in [5.74, 6) is 0.292. The highest BCUT2D eigenvalue weighted by atomic mass is 32.2. The first kappa shape index (κ1) is 16.5. The molecule has 23 heavy (non-hydrogen) atoms. The van der Waals surface area contributed by atoms with Crippen molar-refractivity contribution in [1.29, 1.82) is 0 Å². The van der Waals surface area contributed by atoms with Crippen LogP contribution in [0, 0.1) is 0 Å². The van der Waals surface area contributed by atoms with Gasteiger partial charge in [0.25, 0.3) is 0 Å². The lowest BCUT2D eigenvalue weighted by atomic mass is 10.0. The number of sulfone groups is 1. The van der Waals surface area contributed by atoms with Crippen LogP contribution in [-0.2, 0) is 21.1 Å². The summed E-state index contributed by atoms with van der Waals surface area (Å²) < 4.78 is 24.1. The summed E-state index contributed by atoms with van der Waals surface area (Å²) in [5.41, 5.74) is 1.31. The van der Waals surface area contributed by atoms with Gasteiger partial charge in [-0.2, -0.15) is 0 Å². The van der Waals surface area contributed by atoms with Gasteiger partial charge in [-0.3, -0.25) is 9.69 Å². The molecule has 0 N–H and O–H groups in total. The Bertz CT molecular complexity index is 660. The predicted molar refractivity (Wildman–Crippen MR) is 90.0 cm³/mol. The van der Waals surface area contributed by atoms with Crippen LogP contribution >= 0.6 is 0 Å². The molecular weight excluding hydrogens is 312 g/mol. The van der Waals surface area contributed by atoms with Crippen LogP contribution in [0.15, 0.2) is 30.3 Å². The molecule has 0 bridgehead atoms. The van der Waals surface area contributed by atoms with Gasteiger partial charge in [0.15, 0.2) is 9.84 Å². The summed E-state index contributed by atoms with van der Waals surface area (Å²) in [4.78, 5) is 15.8. The molecule has 126 valence electrons. The number of nitrogens with zero attached hydrogens (tertiary/aromatic N) is 2. The maximum Gasteiger partial charge on any atom is 0.219 e. The minimum atomic E-state index is -3.04. The Balaban J connectivity index is 1.63. The monoisotopic (exact) mass is 336 g/mol. The van der Waals surface area contributed by atoms with Gasteiger partial charge in [0.1, 0.15) is 0 Å². The van der Waals surface area contributed by atoms with E-state index in [4.69, 9.17) is 0 Å². The van der Waals surface area contributed by atoms with E-state index in [2.05, 4.69) is 17.0 Å². The van der Waals surface area contributed by atoms with Crippen LogP contribution in [-0.4, -0.2) is 67.3 Å². The van der Waals surface area contributed by atoms with Crippen molar-refractivity contribution >= 4 is 15.7 Å². The molecule has 1 aromatic rings. The molecule has 2 aliphatic heterocycles. The maximum absolute atomic E-state index is 12.0. The Kier molecular flexibility index (Phi) is 4.73. The van der Waals surface area contributed by atoms with Gasteiger partial charge in [-0.1, -0.05) is 30.3 Å². The summed E-state index contributed by atoms with van der Waals surface area (Å²) in [6, 6.07) is 10.1. The molecule has 5 nitrogen and oxygen atoms in total. The molecule has 2 aliphatic rings. The molecule has 1 amide bonds. The van der Waals surface area contributed by atoms with Gasteiger partial charge >= 0.3 is 0 Å². The second kappa shape index (κ2) is 6.61. The van der Waals surface area contributed by atoms with Crippen LogP contribution in [0.25, 0.3) is 0 Å². The normalized spacial score (nSPS) is 26.9. The van der Waals surface area contributed by atoms with Crippen molar-refractivity contribution in [2.45, 2.75) is 31.8 Å². The number of fused-ring (bicyclic) bond motifs is 1. The number of aryl methyl sites for hydroxylation is 1. The summed E-state index contributed by atoms with van der Waals surface area (Å²) in [6.07, 6.45) is 2.01. The van der Waals surface area contributed by atoms with E-state index >= 15 is 0 Å². The molecule has 0 unspecified atom stereocenters. The molecule has 0 aliphatic carbocycles. The summed E-state index contributed by atoms with van der Waals surface area (Å²) in [6.45, 7) is 3.83. The van der Waals surface area contributed by atoms with Crippen molar-refractivity contribution < 1.29 is 13.2 Å². The van der Waals surface area contributed by atoms with Crippen LogP contribution in [0.2, 0.25) is 0 Å². The molecule has 0 spiro atoms. The number of carbonyl (C=O) groups excluding carboxylic acids is 1. The van der Waals surface area contributed by atoms with E-state index in [0.717, 1.165) is 25.9 Å². The first-order valence-electron chi connectivity index (χ1n) is 8.22. The summed E-state index contributed by atoms with van der Waals surface area (Å²) in [5, 5.41) is 0. The average Bonchev–Trinajstić information content (AvgIpc) is 2.83. The molecule has 2 fully saturated rings. The van der Waals surface area contributed by atoms with Crippen molar-refractivity contribution in [2.75, 3.05) is 31.1 Å². The highest BCUT2D eigenvalue weighted by Crippen LogP contribution is 2.27. The van der Waals surface area contributed by atoms with Gasteiger partial charge < -0.3 is 4.90 Å². The van der Waals surface area contributed by atoms with Gasteiger partial charge in [-0.25, -0.2) is 8.42 Å². The lowest BCUT2D eigenvalue weighted by molar-refractivity contribution is -0.134. The molecule has 2 heterocycles. The SMILES string of the molecule is CC(=O)N1CCN(CCCc2ccccc2)[C@@H]2CS(=O)(=O)C[C@@H]21. The zero-order valence-electron chi connectivity index (χ0n) is 13.5. The Morgan fingerprint density at radius 1 is 1.13 bits per heavy atom. The molecule has 3 rings (SSSR count). The smallest absolute Gasteiger partial charge is 0.219 e. The highest BCUT2D eigenvalue weighted by molar-refractivity contribution is 7.91. The molecule has 0 radical (unpaired) electrons. The topological polar surface area (TPSA) is 57.7 Å². The molecule has 0 aromatic heterocycles. The third kappa shape index (κ3) is 3.75. The number of benzene rings is 1. The van der Waals surface area contributed by atoms with Crippen LogP contribution < -0.4 is 0 Å². The standard InChI is InChI=1S/C17H24N2O3S/c1-14(20)19-11-10-18(16-12-23(21,22)13-17(16)19)9-5-8-15-6-3-2-4-7-15/h2-4,6-7,16-17H,5,8-13H2,1H3/t16-,17+/m1/s1. The van der Waals surface area contributed by atoms with Gasteiger partial charge in [0, 0.05) is 26.1 Å². The first-order valence-corrected chi connectivity index (χ1v) is 10.0. The van der Waals surface area contributed by atoms with Crippen LogP contribution in [0.3, 0.4) is 0 Å². The van der Waals surface area contributed by atoms with Crippen molar-refractivity contribution in [3.05, 3.63) is 35.9 Å². The number of amides is 1. The van der Waals surface area contributed by atoms with Crippen molar-refractivity contribution in [3.63, 3.8) is 0 Å². The number of carbonyl (C=O) groups is 1. The van der Waals surface area contributed by atoms with Crippen LogP contribution in [0.5, 0.6) is 0 Å². The Morgan fingerprint density at radius 3 is 2.52 bits per heavy atom. The van der Waals surface area contributed by atoms with Gasteiger partial charge in [-0.15, -0.1) is 0 Å². The van der Waals surface area contributed by atoms with E-state index in [1.54, 1.807) is 4.90 Å². The lowest BCUT2D eigenvalue weighted by Gasteiger charge is -2.43. The first-order chi connectivity index (χ1) is 11.0. The van der Waals surface area contributed by atoms with E-state index in [1.165, 1.54) is 12.5 Å². The molecule has 1 aromatic carbocycles. The Labute approximate surface area is 138 Å². The second-order valence-electron chi connectivity index (χ2n) is 6.55. The largest absolute Gasteiger partial charge is 0.336 e. The molecule has 2 saturated heterocycles. The predicted octanol–water partition coefficient (Wildman–Crippen LogP) is 0.949. The average molecular weight is 336 g/mol. The van der Waals surface area contributed by atoms with E-state index < -0.39 is 9.84 Å². The van der Waals surface area contributed by atoms with E-state index in [1.807, 2.05) is 18.2 Å². The number of hydrogen-bond acceptors (Lipinski definition) is 4. The number of hydrogen-bond donors (Lipinski definition) is 0.